The molecule has 0 aliphatic heterocycles. The summed E-state index contributed by atoms with van der Waals surface area (Å²) < 4.78 is 7.54. The Balaban J connectivity index is 2.29. The lowest BCUT2D eigenvalue weighted by Gasteiger charge is -2.30. The van der Waals surface area contributed by atoms with Gasteiger partial charge in [0.25, 0.3) is 5.88 Å². The van der Waals surface area contributed by atoms with E-state index >= 15 is 0 Å². The number of nitrogens with zero attached hydrogens (tertiary/aromatic N) is 3. The molecule has 1 fully saturated rings. The molecule has 1 aromatic heterocycles. The predicted molar refractivity (Wildman–Crippen MR) is 74.7 cm³/mol. The topological polar surface area (TPSA) is 96.2 Å². The van der Waals surface area contributed by atoms with E-state index in [0.717, 1.165) is 25.7 Å². The summed E-state index contributed by atoms with van der Waals surface area (Å²) in [5, 5.41) is 15.4. The second kappa shape index (κ2) is 6.21. The molecule has 112 valence electrons. The average Bonchev–Trinajstić information content (AvgIpc) is 2.75. The Morgan fingerprint density at radius 1 is 1.50 bits per heavy atom. The molecular weight excluding hydrogens is 260 g/mol. The first-order valence-corrected chi connectivity index (χ1v) is 7.17. The molecule has 0 aromatic carbocycles. The van der Waals surface area contributed by atoms with Gasteiger partial charge in [-0.25, -0.2) is 4.68 Å². The molecular formula is C13H22N4O3. The molecule has 0 radical (unpaired) electrons. The predicted octanol–water partition coefficient (Wildman–Crippen LogP) is 2.02. The van der Waals surface area contributed by atoms with Crippen LogP contribution in [0.25, 0.3) is 0 Å². The standard InChI is InChI=1S/C13H22N4O3/c1-3-16-13(12(17(18)19)9(2)15-16)20-11-7-5-4-6-10(11)8-14/h10-11H,3-8,14H2,1-2H3. The largest absolute Gasteiger partial charge is 0.469 e. The van der Waals surface area contributed by atoms with Gasteiger partial charge in [-0.1, -0.05) is 6.42 Å². The number of nitrogens with two attached hydrogens (primary N) is 1. The Bertz CT molecular complexity index is 486. The van der Waals surface area contributed by atoms with Gasteiger partial charge in [-0.15, -0.1) is 0 Å². The van der Waals surface area contributed by atoms with Gasteiger partial charge in [0.15, 0.2) is 0 Å². The summed E-state index contributed by atoms with van der Waals surface area (Å²) in [6.07, 6.45) is 4.10. The molecule has 0 saturated heterocycles. The number of aryl methyl sites for hydroxylation is 2. The molecule has 2 rings (SSSR count). The molecule has 2 atom stereocenters. The van der Waals surface area contributed by atoms with Gasteiger partial charge in [0, 0.05) is 12.5 Å². The summed E-state index contributed by atoms with van der Waals surface area (Å²) in [5.41, 5.74) is 6.16. The first kappa shape index (κ1) is 14.8. The Morgan fingerprint density at radius 2 is 2.20 bits per heavy atom. The summed E-state index contributed by atoms with van der Waals surface area (Å²) in [4.78, 5) is 10.8. The molecule has 0 spiro atoms. The molecule has 0 bridgehead atoms. The van der Waals surface area contributed by atoms with E-state index in [9.17, 15) is 10.1 Å². The van der Waals surface area contributed by atoms with Crippen LogP contribution in [0.4, 0.5) is 5.69 Å². The summed E-state index contributed by atoms with van der Waals surface area (Å²) in [6, 6.07) is 0. The minimum absolute atomic E-state index is 0.0202. The zero-order chi connectivity index (χ0) is 14.7. The van der Waals surface area contributed by atoms with Crippen LogP contribution in [0.15, 0.2) is 0 Å². The van der Waals surface area contributed by atoms with E-state index < -0.39 is 4.92 Å². The first-order chi connectivity index (χ1) is 9.58. The zero-order valence-electron chi connectivity index (χ0n) is 12.0. The number of hydrogen-bond donors (Lipinski definition) is 1. The lowest BCUT2D eigenvalue weighted by molar-refractivity contribution is -0.386. The fraction of sp³-hybridized carbons (Fsp3) is 0.769. The van der Waals surface area contributed by atoms with Gasteiger partial charge in [0.1, 0.15) is 11.8 Å². The third-order valence-corrected chi connectivity index (χ3v) is 3.94. The Labute approximate surface area is 118 Å². The fourth-order valence-electron chi connectivity index (χ4n) is 2.83. The third-order valence-electron chi connectivity index (χ3n) is 3.94. The maximum Gasteiger partial charge on any atom is 0.353 e. The number of rotatable bonds is 5. The Kier molecular flexibility index (Phi) is 4.59. The van der Waals surface area contributed by atoms with Crippen LogP contribution in [-0.4, -0.2) is 27.4 Å². The molecule has 1 aromatic rings. The normalized spacial score (nSPS) is 22.8. The zero-order valence-corrected chi connectivity index (χ0v) is 12.0. The molecule has 1 aliphatic rings. The lowest BCUT2D eigenvalue weighted by atomic mass is 9.86. The van der Waals surface area contributed by atoms with Crippen molar-refractivity contribution < 1.29 is 9.66 Å². The van der Waals surface area contributed by atoms with Crippen molar-refractivity contribution in [1.29, 1.82) is 0 Å². The van der Waals surface area contributed by atoms with Crippen molar-refractivity contribution in [3.05, 3.63) is 15.8 Å². The second-order valence-electron chi connectivity index (χ2n) is 5.25. The van der Waals surface area contributed by atoms with E-state index in [0.29, 0.717) is 18.8 Å². The summed E-state index contributed by atoms with van der Waals surface area (Å²) >= 11 is 0. The van der Waals surface area contributed by atoms with Gasteiger partial charge in [0.05, 0.1) is 4.92 Å². The average molecular weight is 282 g/mol. The lowest BCUT2D eigenvalue weighted by Crippen LogP contribution is -2.35. The molecule has 7 heteroatoms. The van der Waals surface area contributed by atoms with E-state index in [1.54, 1.807) is 11.6 Å². The highest BCUT2D eigenvalue weighted by Crippen LogP contribution is 2.35. The van der Waals surface area contributed by atoms with Crippen molar-refractivity contribution in [1.82, 2.24) is 9.78 Å². The van der Waals surface area contributed by atoms with E-state index in [-0.39, 0.29) is 23.6 Å². The van der Waals surface area contributed by atoms with Crippen molar-refractivity contribution in [2.45, 2.75) is 52.2 Å². The number of hydrogen-bond acceptors (Lipinski definition) is 5. The quantitative estimate of drug-likeness (QED) is 0.658. The van der Waals surface area contributed by atoms with Crippen LogP contribution in [0.5, 0.6) is 5.88 Å². The number of nitro groups is 1. The van der Waals surface area contributed by atoms with Crippen LogP contribution in [-0.2, 0) is 6.54 Å². The molecule has 1 saturated carbocycles. The summed E-state index contributed by atoms with van der Waals surface area (Å²) in [7, 11) is 0. The molecule has 2 unspecified atom stereocenters. The smallest absolute Gasteiger partial charge is 0.353 e. The van der Waals surface area contributed by atoms with Gasteiger partial charge < -0.3 is 10.5 Å². The number of aromatic nitrogens is 2. The molecule has 1 heterocycles. The van der Waals surface area contributed by atoms with Crippen molar-refractivity contribution in [2.75, 3.05) is 6.54 Å². The minimum Gasteiger partial charge on any atom is -0.469 e. The maximum atomic E-state index is 11.2. The highest BCUT2D eigenvalue weighted by atomic mass is 16.6. The van der Waals surface area contributed by atoms with E-state index in [1.165, 1.54) is 0 Å². The van der Waals surface area contributed by atoms with Crippen LogP contribution < -0.4 is 10.5 Å². The maximum absolute atomic E-state index is 11.2. The van der Waals surface area contributed by atoms with Gasteiger partial charge >= 0.3 is 5.69 Å². The summed E-state index contributed by atoms with van der Waals surface area (Å²) in [6.45, 7) is 4.63. The van der Waals surface area contributed by atoms with Gasteiger partial charge in [-0.2, -0.15) is 5.10 Å². The van der Waals surface area contributed by atoms with Crippen LogP contribution in [0.1, 0.15) is 38.3 Å². The van der Waals surface area contributed by atoms with Crippen molar-refractivity contribution in [2.24, 2.45) is 11.7 Å². The van der Waals surface area contributed by atoms with Crippen molar-refractivity contribution in [3.8, 4) is 5.88 Å². The highest BCUT2D eigenvalue weighted by molar-refractivity contribution is 5.45. The fourth-order valence-corrected chi connectivity index (χ4v) is 2.83. The Morgan fingerprint density at radius 3 is 2.80 bits per heavy atom. The monoisotopic (exact) mass is 282 g/mol. The highest BCUT2D eigenvalue weighted by Gasteiger charge is 2.32. The molecule has 2 N–H and O–H groups in total. The van der Waals surface area contributed by atoms with Gasteiger partial charge in [-0.3, -0.25) is 10.1 Å². The SMILES string of the molecule is CCn1nc(C)c([N+](=O)[O-])c1OC1CCCCC1CN. The summed E-state index contributed by atoms with van der Waals surface area (Å²) in [5.74, 6) is 0.546. The third kappa shape index (κ3) is 2.77. The minimum atomic E-state index is -0.413. The van der Waals surface area contributed by atoms with Gasteiger partial charge in [0.2, 0.25) is 0 Å². The van der Waals surface area contributed by atoms with E-state index in [4.69, 9.17) is 10.5 Å². The molecule has 0 amide bonds. The first-order valence-electron chi connectivity index (χ1n) is 7.17. The molecule has 7 nitrogen and oxygen atoms in total. The van der Waals surface area contributed by atoms with Crippen LogP contribution >= 0.6 is 0 Å². The van der Waals surface area contributed by atoms with E-state index in [1.807, 2.05) is 6.92 Å². The van der Waals surface area contributed by atoms with Crippen molar-refractivity contribution in [3.63, 3.8) is 0 Å². The molecule has 20 heavy (non-hydrogen) atoms. The van der Waals surface area contributed by atoms with E-state index in [2.05, 4.69) is 5.10 Å². The van der Waals surface area contributed by atoms with Gasteiger partial charge in [-0.05, 0) is 39.7 Å². The van der Waals surface area contributed by atoms with Crippen LogP contribution in [0, 0.1) is 23.0 Å². The number of ether oxygens (including phenoxy) is 1. The Hall–Kier alpha value is -1.63. The van der Waals surface area contributed by atoms with Crippen LogP contribution in [0.2, 0.25) is 0 Å². The second-order valence-corrected chi connectivity index (χ2v) is 5.25. The van der Waals surface area contributed by atoms with Crippen molar-refractivity contribution >= 4 is 5.69 Å². The molecule has 1 aliphatic carbocycles. The van der Waals surface area contributed by atoms with Crippen LogP contribution in [0.3, 0.4) is 0 Å².